The predicted molar refractivity (Wildman–Crippen MR) is 115 cm³/mol. The average molecular weight is 420 g/mol. The van der Waals surface area contributed by atoms with Gasteiger partial charge in [-0.2, -0.15) is 4.98 Å². The second kappa shape index (κ2) is 9.13. The van der Waals surface area contributed by atoms with Gasteiger partial charge in [-0.25, -0.2) is 0 Å². The average Bonchev–Trinajstić information content (AvgIpc) is 3.37. The van der Waals surface area contributed by atoms with E-state index < -0.39 is 0 Å². The van der Waals surface area contributed by atoms with Gasteiger partial charge in [0.25, 0.3) is 5.89 Å². The van der Waals surface area contributed by atoms with Crippen LogP contribution in [0.1, 0.15) is 26.1 Å². The van der Waals surface area contributed by atoms with E-state index in [1.165, 1.54) is 0 Å². The Morgan fingerprint density at radius 1 is 1.17 bits per heavy atom. The van der Waals surface area contributed by atoms with Crippen LogP contribution < -0.4 is 4.90 Å². The maximum Gasteiger partial charge on any atom is 0.257 e. The molecule has 1 aromatic heterocycles. The minimum atomic E-state index is 0. The highest BCUT2D eigenvalue weighted by Crippen LogP contribution is 2.29. The van der Waals surface area contributed by atoms with Crippen molar-refractivity contribution in [3.8, 4) is 11.5 Å². The molecule has 0 unspecified atom stereocenters. The molecular weight excluding hydrogens is 390 g/mol. The van der Waals surface area contributed by atoms with Crippen LogP contribution in [0.2, 0.25) is 0 Å². The second-order valence-corrected chi connectivity index (χ2v) is 8.08. The van der Waals surface area contributed by atoms with Crippen LogP contribution in [0.25, 0.3) is 11.5 Å². The predicted octanol–water partition coefficient (Wildman–Crippen LogP) is 2.85. The molecule has 0 bridgehead atoms. The van der Waals surface area contributed by atoms with Gasteiger partial charge in [0.2, 0.25) is 5.91 Å². The highest BCUT2D eigenvalue weighted by molar-refractivity contribution is 5.85. The number of amides is 1. The lowest BCUT2D eigenvalue weighted by atomic mass is 10.1. The summed E-state index contributed by atoms with van der Waals surface area (Å²) in [6.45, 7) is 11.6. The molecule has 1 aromatic carbocycles. The van der Waals surface area contributed by atoms with E-state index in [-0.39, 0.29) is 18.3 Å². The smallest absolute Gasteiger partial charge is 0.257 e. The van der Waals surface area contributed by atoms with Crippen molar-refractivity contribution in [2.75, 3.05) is 44.2 Å². The summed E-state index contributed by atoms with van der Waals surface area (Å²) in [6, 6.07) is 8.69. The first-order valence-corrected chi connectivity index (χ1v) is 10.2. The lowest BCUT2D eigenvalue weighted by Gasteiger charge is -2.37. The second-order valence-electron chi connectivity index (χ2n) is 8.08. The van der Waals surface area contributed by atoms with Gasteiger partial charge in [0.05, 0.1) is 5.92 Å². The maximum atomic E-state index is 13.0. The highest BCUT2D eigenvalue weighted by atomic mass is 35.5. The van der Waals surface area contributed by atoms with Crippen molar-refractivity contribution in [1.82, 2.24) is 19.9 Å². The van der Waals surface area contributed by atoms with E-state index >= 15 is 0 Å². The Balaban J connectivity index is 0.00000240. The van der Waals surface area contributed by atoms with Gasteiger partial charge in [0.15, 0.2) is 5.82 Å². The summed E-state index contributed by atoms with van der Waals surface area (Å²) in [5.74, 6) is 1.56. The number of benzene rings is 1. The van der Waals surface area contributed by atoms with Crippen molar-refractivity contribution in [2.24, 2.45) is 5.92 Å². The molecule has 7 nitrogen and oxygen atoms in total. The highest BCUT2D eigenvalue weighted by Gasteiger charge is 2.33. The molecule has 2 aliphatic rings. The van der Waals surface area contributed by atoms with Gasteiger partial charge in [-0.3, -0.25) is 9.69 Å². The molecule has 1 amide bonds. The van der Waals surface area contributed by atoms with Crippen LogP contribution >= 0.6 is 12.4 Å². The molecule has 0 saturated carbocycles. The van der Waals surface area contributed by atoms with Gasteiger partial charge >= 0.3 is 0 Å². The quantitative estimate of drug-likeness (QED) is 0.759. The first-order valence-electron chi connectivity index (χ1n) is 10.2. The number of carbonyl (C=O) groups excluding carboxylic acids is 1. The Kier molecular flexibility index (Phi) is 6.80. The molecule has 3 heterocycles. The van der Waals surface area contributed by atoms with Gasteiger partial charge in [-0.15, -0.1) is 12.4 Å². The Labute approximate surface area is 178 Å². The molecule has 0 N–H and O–H groups in total. The Hall–Kier alpha value is -2.12. The topological polar surface area (TPSA) is 65.7 Å². The zero-order chi connectivity index (χ0) is 19.7. The van der Waals surface area contributed by atoms with Crippen molar-refractivity contribution < 1.29 is 9.32 Å². The van der Waals surface area contributed by atoms with E-state index in [1.54, 1.807) is 0 Å². The van der Waals surface area contributed by atoms with Crippen molar-refractivity contribution >= 4 is 24.0 Å². The number of halogens is 1. The van der Waals surface area contributed by atoms with E-state index in [1.807, 2.05) is 19.1 Å². The number of hydrogen-bond donors (Lipinski definition) is 0. The summed E-state index contributed by atoms with van der Waals surface area (Å²) in [5, 5.41) is 3.87. The number of rotatable bonds is 4. The fourth-order valence-corrected chi connectivity index (χ4v) is 4.16. The third-order valence-corrected chi connectivity index (χ3v) is 5.88. The molecule has 1 atom stereocenters. The molecular formula is C21H30ClN5O2. The van der Waals surface area contributed by atoms with Gasteiger partial charge in [0, 0.05) is 56.6 Å². The molecule has 0 spiro atoms. The van der Waals surface area contributed by atoms with Gasteiger partial charge in [0.1, 0.15) is 0 Å². The van der Waals surface area contributed by atoms with E-state index in [0.29, 0.717) is 23.7 Å². The van der Waals surface area contributed by atoms with Crippen LogP contribution in [0.5, 0.6) is 0 Å². The summed E-state index contributed by atoms with van der Waals surface area (Å²) >= 11 is 0. The first-order chi connectivity index (χ1) is 13.5. The van der Waals surface area contributed by atoms with Gasteiger partial charge in [-0.05, 0) is 45.4 Å². The van der Waals surface area contributed by atoms with Crippen molar-refractivity contribution in [3.63, 3.8) is 0 Å². The minimum Gasteiger partial charge on any atom is -0.371 e. The molecule has 2 aromatic rings. The van der Waals surface area contributed by atoms with E-state index in [2.05, 4.69) is 50.8 Å². The lowest BCUT2D eigenvalue weighted by Crippen LogP contribution is -2.52. The number of nitrogens with zero attached hydrogens (tertiary/aromatic N) is 5. The van der Waals surface area contributed by atoms with Crippen LogP contribution in [-0.2, 0) is 4.79 Å². The molecule has 8 heteroatoms. The van der Waals surface area contributed by atoms with Crippen LogP contribution in [-0.4, -0.2) is 71.2 Å². The van der Waals surface area contributed by atoms with Crippen LogP contribution in [0.3, 0.4) is 0 Å². The number of anilines is 1. The fraction of sp³-hybridized carbons (Fsp3) is 0.571. The minimum absolute atomic E-state index is 0. The Morgan fingerprint density at radius 3 is 2.59 bits per heavy atom. The molecule has 2 fully saturated rings. The third-order valence-electron chi connectivity index (χ3n) is 5.88. The number of piperazine rings is 1. The molecule has 4 rings (SSSR count). The van der Waals surface area contributed by atoms with E-state index in [9.17, 15) is 4.79 Å². The maximum absolute atomic E-state index is 13.0. The number of aromatic nitrogens is 2. The standard InChI is InChI=1S/C21H29N5O2.ClH/c1-15(2)24-9-11-25(12-10-24)21(27)18-7-8-26(14-18)19-6-4-5-17(13-19)20-22-16(3)23-28-20;/h4-6,13,15,18H,7-12,14H2,1-3H3;1H/t18-;/m0./s1. The number of carbonyl (C=O) groups is 1. The summed E-state index contributed by atoms with van der Waals surface area (Å²) in [4.78, 5) is 24.1. The lowest BCUT2D eigenvalue weighted by molar-refractivity contribution is -0.136. The van der Waals surface area contributed by atoms with Crippen LogP contribution in [0.4, 0.5) is 5.69 Å². The van der Waals surface area contributed by atoms with Crippen molar-refractivity contribution in [2.45, 2.75) is 33.2 Å². The SMILES string of the molecule is Cc1noc(-c2cccc(N3CC[C@H](C(=O)N4CCN(C(C)C)CC4)C3)c2)n1.Cl. The van der Waals surface area contributed by atoms with Crippen LogP contribution in [0.15, 0.2) is 28.8 Å². The molecule has 158 valence electrons. The molecule has 0 aliphatic carbocycles. The van der Waals surface area contributed by atoms with E-state index in [0.717, 1.165) is 56.9 Å². The summed E-state index contributed by atoms with van der Waals surface area (Å²) < 4.78 is 5.29. The summed E-state index contributed by atoms with van der Waals surface area (Å²) in [5.41, 5.74) is 2.02. The normalized spacial score (nSPS) is 20.2. The molecule has 2 aliphatic heterocycles. The number of aryl methyl sites for hydroxylation is 1. The molecule has 0 radical (unpaired) electrons. The number of hydrogen-bond acceptors (Lipinski definition) is 6. The molecule has 2 saturated heterocycles. The zero-order valence-electron chi connectivity index (χ0n) is 17.4. The van der Waals surface area contributed by atoms with Gasteiger partial charge < -0.3 is 14.3 Å². The fourth-order valence-electron chi connectivity index (χ4n) is 4.16. The Morgan fingerprint density at radius 2 is 1.93 bits per heavy atom. The largest absolute Gasteiger partial charge is 0.371 e. The molecule has 29 heavy (non-hydrogen) atoms. The Bertz CT molecular complexity index is 832. The van der Waals surface area contributed by atoms with Crippen molar-refractivity contribution in [1.29, 1.82) is 0 Å². The van der Waals surface area contributed by atoms with Gasteiger partial charge in [-0.1, -0.05) is 11.2 Å². The summed E-state index contributed by atoms with van der Waals surface area (Å²) in [6.07, 6.45) is 0.910. The van der Waals surface area contributed by atoms with Crippen molar-refractivity contribution in [3.05, 3.63) is 30.1 Å². The first kappa shape index (κ1) is 21.6. The third kappa shape index (κ3) is 4.73. The monoisotopic (exact) mass is 419 g/mol. The zero-order valence-corrected chi connectivity index (χ0v) is 18.2. The summed E-state index contributed by atoms with van der Waals surface area (Å²) in [7, 11) is 0. The van der Waals surface area contributed by atoms with Crippen LogP contribution in [0, 0.1) is 12.8 Å². The van der Waals surface area contributed by atoms with E-state index in [4.69, 9.17) is 4.52 Å².